The lowest BCUT2D eigenvalue weighted by Gasteiger charge is -2.10. The minimum Gasteiger partial charge on any atom is -0.354 e. The number of nitrogens with zero attached hydrogens (tertiary/aromatic N) is 1. The van der Waals surface area contributed by atoms with Gasteiger partial charge in [0.25, 0.3) is 5.91 Å². The zero-order valence-electron chi connectivity index (χ0n) is 8.85. The van der Waals surface area contributed by atoms with Crippen LogP contribution in [0.5, 0.6) is 0 Å². The molecule has 0 aromatic rings. The molecule has 0 radical (unpaired) electrons. The lowest BCUT2D eigenvalue weighted by Crippen LogP contribution is -2.31. The van der Waals surface area contributed by atoms with E-state index in [9.17, 15) is 4.79 Å². The molecule has 0 aliphatic heterocycles. The van der Waals surface area contributed by atoms with Gasteiger partial charge in [0.15, 0.2) is 0 Å². The largest absolute Gasteiger partial charge is 0.354 e. The summed E-state index contributed by atoms with van der Waals surface area (Å²) in [5.74, 6) is -0.0869. The molecule has 0 rings (SSSR count). The van der Waals surface area contributed by atoms with Gasteiger partial charge in [-0.3, -0.25) is 15.1 Å². The van der Waals surface area contributed by atoms with Crippen molar-refractivity contribution in [2.24, 2.45) is 4.99 Å². The average molecular weight is 185 g/mol. The van der Waals surface area contributed by atoms with Crippen LogP contribution in [0.3, 0.4) is 0 Å². The Labute approximate surface area is 79.8 Å². The number of carbonyl (C=O) groups excluding carboxylic acids is 1. The molecular formula is C9H19N3O. The van der Waals surface area contributed by atoms with Crippen LogP contribution in [0, 0.1) is 0 Å². The molecule has 1 atom stereocenters. The predicted molar refractivity (Wildman–Crippen MR) is 54.9 cm³/mol. The number of hydrogen-bond acceptors (Lipinski definition) is 3. The summed E-state index contributed by atoms with van der Waals surface area (Å²) in [5.41, 5.74) is 0.601. The summed E-state index contributed by atoms with van der Waals surface area (Å²) in [6.07, 6.45) is 1.60. The van der Waals surface area contributed by atoms with Gasteiger partial charge >= 0.3 is 0 Å². The zero-order valence-corrected chi connectivity index (χ0v) is 8.85. The van der Waals surface area contributed by atoms with Crippen molar-refractivity contribution < 1.29 is 4.79 Å². The topological polar surface area (TPSA) is 53.5 Å². The molecule has 2 N–H and O–H groups in total. The number of hydrogen-bond donors (Lipinski definition) is 2. The molecule has 4 heteroatoms. The van der Waals surface area contributed by atoms with E-state index in [-0.39, 0.29) is 12.1 Å². The maximum atomic E-state index is 11.2. The van der Waals surface area contributed by atoms with Crippen LogP contribution < -0.4 is 10.6 Å². The van der Waals surface area contributed by atoms with Gasteiger partial charge in [0.2, 0.25) is 0 Å². The summed E-state index contributed by atoms with van der Waals surface area (Å²) >= 11 is 0. The predicted octanol–water partition coefficient (Wildman–Crippen LogP) is 0.539. The number of carbonyl (C=O) groups is 1. The van der Waals surface area contributed by atoms with E-state index in [1.165, 1.54) is 0 Å². The highest BCUT2D eigenvalue weighted by atomic mass is 16.1. The van der Waals surface area contributed by atoms with E-state index in [4.69, 9.17) is 0 Å². The van der Waals surface area contributed by atoms with Crippen LogP contribution >= 0.6 is 0 Å². The van der Waals surface area contributed by atoms with Crippen molar-refractivity contribution >= 4 is 11.6 Å². The van der Waals surface area contributed by atoms with E-state index in [0.29, 0.717) is 12.1 Å². The number of rotatable bonds is 5. The Morgan fingerprint density at radius 1 is 1.38 bits per heavy atom. The van der Waals surface area contributed by atoms with Crippen LogP contribution in [0.1, 0.15) is 26.7 Å². The Hall–Kier alpha value is -0.900. The van der Waals surface area contributed by atoms with E-state index in [1.54, 1.807) is 7.05 Å². The number of amides is 1. The van der Waals surface area contributed by atoms with E-state index in [2.05, 4.69) is 15.6 Å². The molecule has 0 aromatic heterocycles. The van der Waals surface area contributed by atoms with Crippen LogP contribution in [-0.4, -0.2) is 31.9 Å². The molecule has 0 aliphatic carbocycles. The summed E-state index contributed by atoms with van der Waals surface area (Å²) in [4.78, 5) is 15.5. The van der Waals surface area contributed by atoms with Crippen LogP contribution in [0.25, 0.3) is 0 Å². The van der Waals surface area contributed by atoms with Gasteiger partial charge in [-0.15, -0.1) is 0 Å². The molecule has 0 aliphatic rings. The van der Waals surface area contributed by atoms with E-state index in [1.807, 2.05) is 20.9 Å². The number of nitrogens with one attached hydrogen (secondary N) is 2. The van der Waals surface area contributed by atoms with Gasteiger partial charge in [-0.25, -0.2) is 0 Å². The Balaban J connectivity index is 4.43. The quantitative estimate of drug-likeness (QED) is 0.614. The molecule has 4 nitrogen and oxygen atoms in total. The van der Waals surface area contributed by atoms with Gasteiger partial charge in [-0.2, -0.15) is 0 Å². The fourth-order valence-corrected chi connectivity index (χ4v) is 1.00. The summed E-state index contributed by atoms with van der Waals surface area (Å²) in [6, 6.07) is 0. The third kappa shape index (κ3) is 4.03. The SMILES string of the molecule is CCC(=NC(CC)NC)C(=O)NC. The maximum Gasteiger partial charge on any atom is 0.265 e. The standard InChI is InChI=1S/C9H19N3O/c1-5-7(9(13)11-4)12-8(6-2)10-3/h8,10H,5-6H2,1-4H3,(H,11,13). The lowest BCUT2D eigenvalue weighted by atomic mass is 10.2. The van der Waals surface area contributed by atoms with Crippen molar-refractivity contribution in [3.05, 3.63) is 0 Å². The summed E-state index contributed by atoms with van der Waals surface area (Å²) in [6.45, 7) is 3.96. The third-order valence-electron chi connectivity index (χ3n) is 1.86. The molecule has 1 unspecified atom stereocenters. The molecule has 0 spiro atoms. The van der Waals surface area contributed by atoms with Crippen LogP contribution in [0.15, 0.2) is 4.99 Å². The van der Waals surface area contributed by atoms with Crippen molar-refractivity contribution in [3.8, 4) is 0 Å². The molecular weight excluding hydrogens is 166 g/mol. The second kappa shape index (κ2) is 6.60. The van der Waals surface area contributed by atoms with Crippen molar-refractivity contribution in [1.82, 2.24) is 10.6 Å². The third-order valence-corrected chi connectivity index (χ3v) is 1.86. The summed E-state index contributed by atoms with van der Waals surface area (Å²) < 4.78 is 0. The second-order valence-electron chi connectivity index (χ2n) is 2.72. The number of aliphatic imine (C=N–C) groups is 1. The van der Waals surface area contributed by atoms with Crippen molar-refractivity contribution in [2.45, 2.75) is 32.9 Å². The van der Waals surface area contributed by atoms with Gasteiger partial charge in [0.05, 0.1) is 6.17 Å². The van der Waals surface area contributed by atoms with Gasteiger partial charge < -0.3 is 5.32 Å². The monoisotopic (exact) mass is 185 g/mol. The van der Waals surface area contributed by atoms with E-state index in [0.717, 1.165) is 6.42 Å². The molecule has 76 valence electrons. The van der Waals surface area contributed by atoms with Gasteiger partial charge in [-0.05, 0) is 19.9 Å². The first-order chi connectivity index (χ1) is 6.19. The van der Waals surface area contributed by atoms with Crippen molar-refractivity contribution in [3.63, 3.8) is 0 Å². The molecule has 0 aromatic carbocycles. The first-order valence-corrected chi connectivity index (χ1v) is 4.65. The molecule has 0 heterocycles. The molecule has 0 saturated heterocycles. The van der Waals surface area contributed by atoms with Gasteiger partial charge in [-0.1, -0.05) is 13.8 Å². The molecule has 1 amide bonds. The smallest absolute Gasteiger partial charge is 0.265 e. The minimum absolute atomic E-state index is 0.0484. The van der Waals surface area contributed by atoms with Crippen LogP contribution in [-0.2, 0) is 4.79 Å². The van der Waals surface area contributed by atoms with Crippen LogP contribution in [0.4, 0.5) is 0 Å². The average Bonchev–Trinajstić information content (AvgIpc) is 2.19. The maximum absolute atomic E-state index is 11.2. The minimum atomic E-state index is -0.0869. The molecule has 0 bridgehead atoms. The molecule has 0 saturated carbocycles. The Bertz CT molecular complexity index is 185. The van der Waals surface area contributed by atoms with Crippen LogP contribution in [0.2, 0.25) is 0 Å². The first kappa shape index (κ1) is 12.1. The lowest BCUT2D eigenvalue weighted by molar-refractivity contribution is -0.114. The normalized spacial score (nSPS) is 14.0. The molecule has 0 fully saturated rings. The fraction of sp³-hybridized carbons (Fsp3) is 0.778. The van der Waals surface area contributed by atoms with Crippen molar-refractivity contribution in [1.29, 1.82) is 0 Å². The van der Waals surface area contributed by atoms with Gasteiger partial charge in [0, 0.05) is 7.05 Å². The summed E-state index contributed by atoms with van der Waals surface area (Å²) in [7, 11) is 3.46. The van der Waals surface area contributed by atoms with Gasteiger partial charge in [0.1, 0.15) is 5.71 Å². The highest BCUT2D eigenvalue weighted by Crippen LogP contribution is 1.95. The zero-order chi connectivity index (χ0) is 10.3. The highest BCUT2D eigenvalue weighted by Gasteiger charge is 2.08. The molecule has 13 heavy (non-hydrogen) atoms. The van der Waals surface area contributed by atoms with Crippen molar-refractivity contribution in [2.75, 3.05) is 14.1 Å². The fourth-order valence-electron chi connectivity index (χ4n) is 1.00. The first-order valence-electron chi connectivity index (χ1n) is 4.65. The Morgan fingerprint density at radius 2 is 2.00 bits per heavy atom. The summed E-state index contributed by atoms with van der Waals surface area (Å²) in [5, 5.41) is 5.60. The highest BCUT2D eigenvalue weighted by molar-refractivity contribution is 6.38. The Kier molecular flexibility index (Phi) is 6.14. The van der Waals surface area contributed by atoms with E-state index >= 15 is 0 Å². The second-order valence-corrected chi connectivity index (χ2v) is 2.72. The Morgan fingerprint density at radius 3 is 2.31 bits per heavy atom. The van der Waals surface area contributed by atoms with E-state index < -0.39 is 0 Å².